The van der Waals surface area contributed by atoms with Crippen molar-refractivity contribution in [2.45, 2.75) is 26.0 Å². The molecule has 0 heterocycles. The van der Waals surface area contributed by atoms with Gasteiger partial charge >= 0.3 is 5.69 Å². The van der Waals surface area contributed by atoms with Gasteiger partial charge in [-0.3, -0.25) is 10.1 Å². The van der Waals surface area contributed by atoms with E-state index < -0.39 is 4.92 Å². The Labute approximate surface area is 112 Å². The van der Waals surface area contributed by atoms with Crippen LogP contribution in [0.1, 0.15) is 18.9 Å². The van der Waals surface area contributed by atoms with Crippen LogP contribution < -0.4 is 10.1 Å². The molecule has 0 saturated carbocycles. The van der Waals surface area contributed by atoms with Crippen LogP contribution in [0.2, 0.25) is 0 Å². The monoisotopic (exact) mass is 268 g/mol. The van der Waals surface area contributed by atoms with Crippen LogP contribution in [0.4, 0.5) is 5.69 Å². The zero-order valence-electron chi connectivity index (χ0n) is 11.5. The number of benzene rings is 1. The molecule has 0 aromatic heterocycles. The lowest BCUT2D eigenvalue weighted by molar-refractivity contribution is -0.386. The largest absolute Gasteiger partial charge is 0.484 e. The van der Waals surface area contributed by atoms with E-state index in [4.69, 9.17) is 9.47 Å². The Morgan fingerprint density at radius 2 is 2.21 bits per heavy atom. The normalized spacial score (nSPS) is 12.2. The Morgan fingerprint density at radius 3 is 2.79 bits per heavy atom. The molecule has 0 saturated heterocycles. The van der Waals surface area contributed by atoms with E-state index >= 15 is 0 Å². The third-order valence-corrected chi connectivity index (χ3v) is 2.66. The molecule has 6 heteroatoms. The minimum absolute atomic E-state index is 0.0101. The predicted molar refractivity (Wildman–Crippen MR) is 72.4 cm³/mol. The third-order valence-electron chi connectivity index (χ3n) is 2.66. The quantitative estimate of drug-likeness (QED) is 0.577. The second-order valence-electron chi connectivity index (χ2n) is 4.30. The molecule has 6 nitrogen and oxygen atoms in total. The van der Waals surface area contributed by atoms with Crippen LogP contribution in [0.15, 0.2) is 18.2 Å². The van der Waals surface area contributed by atoms with Gasteiger partial charge in [0.05, 0.1) is 11.0 Å². The van der Waals surface area contributed by atoms with Crippen LogP contribution in [0.5, 0.6) is 5.75 Å². The van der Waals surface area contributed by atoms with E-state index in [-0.39, 0.29) is 11.8 Å². The van der Waals surface area contributed by atoms with Gasteiger partial charge < -0.3 is 14.8 Å². The lowest BCUT2D eigenvalue weighted by Gasteiger charge is -2.15. The number of ether oxygens (including phenoxy) is 2. The van der Waals surface area contributed by atoms with Crippen molar-refractivity contribution in [3.05, 3.63) is 33.9 Å². The molecule has 0 aliphatic carbocycles. The highest BCUT2D eigenvalue weighted by Gasteiger charge is 2.17. The highest BCUT2D eigenvalue weighted by molar-refractivity contribution is 5.48. The Bertz CT molecular complexity index is 423. The molecule has 0 spiro atoms. The topological polar surface area (TPSA) is 73.6 Å². The van der Waals surface area contributed by atoms with Gasteiger partial charge in [-0.25, -0.2) is 0 Å². The van der Waals surface area contributed by atoms with Crippen molar-refractivity contribution in [3.63, 3.8) is 0 Å². The molecule has 106 valence electrons. The van der Waals surface area contributed by atoms with Gasteiger partial charge in [-0.2, -0.15) is 0 Å². The van der Waals surface area contributed by atoms with E-state index in [1.165, 1.54) is 6.07 Å². The fourth-order valence-corrected chi connectivity index (χ4v) is 1.68. The Kier molecular flexibility index (Phi) is 6.24. The van der Waals surface area contributed by atoms with E-state index in [1.807, 2.05) is 14.0 Å². The Balaban J connectivity index is 2.87. The van der Waals surface area contributed by atoms with Gasteiger partial charge in [-0.05, 0) is 25.6 Å². The molecule has 0 bridgehead atoms. The highest BCUT2D eigenvalue weighted by Crippen LogP contribution is 2.29. The molecule has 1 aromatic rings. The van der Waals surface area contributed by atoms with E-state index in [1.54, 1.807) is 19.2 Å². The predicted octanol–water partition coefficient (Wildman–Crippen LogP) is 2.12. The number of hydrogen-bond donors (Lipinski definition) is 1. The van der Waals surface area contributed by atoms with Gasteiger partial charge in [0.1, 0.15) is 0 Å². The van der Waals surface area contributed by atoms with Crippen molar-refractivity contribution in [3.8, 4) is 5.75 Å². The minimum Gasteiger partial charge on any atom is -0.484 e. The summed E-state index contributed by atoms with van der Waals surface area (Å²) in [5.41, 5.74) is 0.936. The number of nitro groups is 1. The fourth-order valence-electron chi connectivity index (χ4n) is 1.68. The van der Waals surface area contributed by atoms with E-state index in [2.05, 4.69) is 5.32 Å². The van der Waals surface area contributed by atoms with Crippen molar-refractivity contribution in [2.75, 3.05) is 20.8 Å². The second-order valence-corrected chi connectivity index (χ2v) is 4.30. The minimum atomic E-state index is -0.429. The molecule has 0 fully saturated rings. The fraction of sp³-hybridized carbons (Fsp3) is 0.538. The number of nitrogens with one attached hydrogen (secondary N) is 1. The zero-order valence-corrected chi connectivity index (χ0v) is 11.5. The Morgan fingerprint density at radius 1 is 1.47 bits per heavy atom. The number of methoxy groups -OCH3 is 1. The summed E-state index contributed by atoms with van der Waals surface area (Å²) in [6.45, 7) is 3.07. The number of rotatable bonds is 8. The third kappa shape index (κ3) is 4.84. The Hall–Kier alpha value is -1.66. The first-order chi connectivity index (χ1) is 9.08. The summed E-state index contributed by atoms with van der Waals surface area (Å²) in [6, 6.07) is 4.91. The zero-order chi connectivity index (χ0) is 14.3. The lowest BCUT2D eigenvalue weighted by atomic mass is 10.2. The first-order valence-electron chi connectivity index (χ1n) is 6.16. The standard InChI is InChI=1S/C13H20N2O4/c1-10(6-7-18-3)19-13-8-11(9-14-2)4-5-12(13)15(16)17/h4-5,8,10,14H,6-7,9H2,1-3H3. The maximum absolute atomic E-state index is 11.0. The van der Waals surface area contributed by atoms with E-state index in [0.29, 0.717) is 25.3 Å². The molecular formula is C13H20N2O4. The van der Waals surface area contributed by atoms with Crippen LogP contribution >= 0.6 is 0 Å². The summed E-state index contributed by atoms with van der Waals surface area (Å²) in [6.07, 6.45) is 0.549. The van der Waals surface area contributed by atoms with Gasteiger partial charge in [0.15, 0.2) is 5.75 Å². The molecule has 0 aliphatic heterocycles. The average molecular weight is 268 g/mol. The molecule has 19 heavy (non-hydrogen) atoms. The van der Waals surface area contributed by atoms with Crippen molar-refractivity contribution >= 4 is 5.69 Å². The van der Waals surface area contributed by atoms with E-state index in [9.17, 15) is 10.1 Å². The average Bonchev–Trinajstić information content (AvgIpc) is 2.36. The molecule has 1 aromatic carbocycles. The molecule has 1 rings (SSSR count). The molecule has 1 N–H and O–H groups in total. The maximum atomic E-state index is 11.0. The van der Waals surface area contributed by atoms with Gasteiger partial charge in [-0.15, -0.1) is 0 Å². The second kappa shape index (κ2) is 7.70. The van der Waals surface area contributed by atoms with Crippen LogP contribution in [0, 0.1) is 10.1 Å². The SMILES string of the molecule is CNCc1ccc([N+](=O)[O-])c(OC(C)CCOC)c1. The lowest BCUT2D eigenvalue weighted by Crippen LogP contribution is -2.15. The summed E-state index contributed by atoms with van der Waals surface area (Å²) < 4.78 is 10.6. The highest BCUT2D eigenvalue weighted by atomic mass is 16.6. The number of nitro benzene ring substituents is 1. The van der Waals surface area contributed by atoms with Gasteiger partial charge in [-0.1, -0.05) is 6.07 Å². The summed E-state index contributed by atoms with van der Waals surface area (Å²) in [5.74, 6) is 0.307. The van der Waals surface area contributed by atoms with Gasteiger partial charge in [0.2, 0.25) is 0 Å². The summed E-state index contributed by atoms with van der Waals surface area (Å²) in [5, 5.41) is 14.0. The van der Waals surface area contributed by atoms with Crippen molar-refractivity contribution in [1.82, 2.24) is 5.32 Å². The number of nitrogens with zero attached hydrogens (tertiary/aromatic N) is 1. The molecule has 0 amide bonds. The summed E-state index contributed by atoms with van der Waals surface area (Å²) >= 11 is 0. The summed E-state index contributed by atoms with van der Waals surface area (Å²) in [4.78, 5) is 10.5. The first-order valence-corrected chi connectivity index (χ1v) is 6.16. The van der Waals surface area contributed by atoms with Gasteiger partial charge in [0.25, 0.3) is 0 Å². The van der Waals surface area contributed by atoms with Crippen LogP contribution in [-0.2, 0) is 11.3 Å². The molecule has 0 aliphatic rings. The summed E-state index contributed by atoms with van der Waals surface area (Å²) in [7, 11) is 3.44. The van der Waals surface area contributed by atoms with Crippen LogP contribution in [0.3, 0.4) is 0 Å². The molecule has 1 unspecified atom stereocenters. The molecular weight excluding hydrogens is 248 g/mol. The van der Waals surface area contributed by atoms with Crippen molar-refractivity contribution < 1.29 is 14.4 Å². The maximum Gasteiger partial charge on any atom is 0.310 e. The van der Waals surface area contributed by atoms with Crippen LogP contribution in [-0.4, -0.2) is 31.8 Å². The smallest absolute Gasteiger partial charge is 0.310 e. The molecule has 0 radical (unpaired) electrons. The van der Waals surface area contributed by atoms with Crippen molar-refractivity contribution in [2.24, 2.45) is 0 Å². The van der Waals surface area contributed by atoms with E-state index in [0.717, 1.165) is 5.56 Å². The first kappa shape index (κ1) is 15.4. The van der Waals surface area contributed by atoms with Gasteiger partial charge in [0, 0.05) is 32.7 Å². The molecule has 1 atom stereocenters. The van der Waals surface area contributed by atoms with Crippen molar-refractivity contribution in [1.29, 1.82) is 0 Å². The van der Waals surface area contributed by atoms with Crippen LogP contribution in [0.25, 0.3) is 0 Å². The number of hydrogen-bond acceptors (Lipinski definition) is 5.